The van der Waals surface area contributed by atoms with Crippen LogP contribution in [0.5, 0.6) is 0 Å². The average Bonchev–Trinajstić information content (AvgIpc) is 2.60. The third kappa shape index (κ3) is 3.59. The third-order valence-electron chi connectivity index (χ3n) is 3.12. The van der Waals surface area contributed by atoms with Gasteiger partial charge >= 0.3 is 0 Å². The van der Waals surface area contributed by atoms with E-state index in [9.17, 15) is 4.39 Å². The van der Waals surface area contributed by atoms with Crippen molar-refractivity contribution in [2.75, 3.05) is 10.6 Å². The summed E-state index contributed by atoms with van der Waals surface area (Å²) >= 11 is 6.10. The number of anilines is 4. The highest BCUT2D eigenvalue weighted by Gasteiger charge is 2.09. The number of nitrogens with one attached hydrogen (secondary N) is 2. The van der Waals surface area contributed by atoms with Gasteiger partial charge in [0.15, 0.2) is 5.82 Å². The molecule has 0 aliphatic heterocycles. The molecule has 1 aromatic heterocycles. The molecule has 0 fully saturated rings. The highest BCUT2D eigenvalue weighted by Crippen LogP contribution is 2.25. The van der Waals surface area contributed by atoms with E-state index in [0.717, 1.165) is 5.69 Å². The number of rotatable bonds is 4. The lowest BCUT2D eigenvalue weighted by Gasteiger charge is -2.10. The second-order valence-corrected chi connectivity index (χ2v) is 5.22. The van der Waals surface area contributed by atoms with Gasteiger partial charge in [0.2, 0.25) is 5.95 Å². The Bertz CT molecular complexity index is 909. The molecule has 118 valence electrons. The predicted molar refractivity (Wildman–Crippen MR) is 91.2 cm³/mol. The van der Waals surface area contributed by atoms with Crippen LogP contribution >= 0.6 is 11.6 Å². The van der Waals surface area contributed by atoms with Crippen molar-refractivity contribution in [1.29, 1.82) is 5.26 Å². The molecule has 0 aliphatic rings. The van der Waals surface area contributed by atoms with Crippen LogP contribution in [0, 0.1) is 17.1 Å². The van der Waals surface area contributed by atoms with Crippen LogP contribution in [0.3, 0.4) is 0 Å². The van der Waals surface area contributed by atoms with Gasteiger partial charge in [-0.3, -0.25) is 0 Å². The zero-order valence-electron chi connectivity index (χ0n) is 12.3. The van der Waals surface area contributed by atoms with Gasteiger partial charge in [-0.15, -0.1) is 0 Å². The second kappa shape index (κ2) is 6.94. The van der Waals surface area contributed by atoms with Gasteiger partial charge in [0, 0.05) is 5.69 Å². The number of aromatic nitrogens is 2. The van der Waals surface area contributed by atoms with Gasteiger partial charge in [-0.25, -0.2) is 9.37 Å². The molecule has 0 saturated heterocycles. The molecule has 5 nitrogen and oxygen atoms in total. The largest absolute Gasteiger partial charge is 0.339 e. The maximum Gasteiger partial charge on any atom is 0.229 e. The third-order valence-corrected chi connectivity index (χ3v) is 3.40. The Hall–Kier alpha value is -3.17. The minimum atomic E-state index is -0.509. The van der Waals surface area contributed by atoms with Crippen molar-refractivity contribution in [3.8, 4) is 6.07 Å². The van der Waals surface area contributed by atoms with E-state index in [1.165, 1.54) is 24.4 Å². The molecule has 3 aromatic rings. The van der Waals surface area contributed by atoms with Crippen LogP contribution in [0.4, 0.5) is 27.5 Å². The maximum atomic E-state index is 13.8. The number of para-hydroxylation sites is 1. The lowest BCUT2D eigenvalue weighted by atomic mass is 10.2. The SMILES string of the molecule is N#Cc1ccc(F)c(Nc2ncc(Cl)c(Nc3ccccc3)n2)c1. The summed E-state index contributed by atoms with van der Waals surface area (Å²) in [5, 5.41) is 15.1. The van der Waals surface area contributed by atoms with E-state index in [1.807, 2.05) is 36.4 Å². The first kappa shape index (κ1) is 15.7. The van der Waals surface area contributed by atoms with Crippen molar-refractivity contribution in [2.24, 2.45) is 0 Å². The fourth-order valence-corrected chi connectivity index (χ4v) is 2.12. The Balaban J connectivity index is 1.88. The summed E-state index contributed by atoms with van der Waals surface area (Å²) in [5.41, 5.74) is 1.25. The molecule has 0 saturated carbocycles. The first-order valence-electron chi connectivity index (χ1n) is 6.97. The Morgan fingerprint density at radius 3 is 2.62 bits per heavy atom. The number of hydrogen-bond acceptors (Lipinski definition) is 5. The maximum absolute atomic E-state index is 13.8. The number of nitrogens with zero attached hydrogens (tertiary/aromatic N) is 3. The molecule has 24 heavy (non-hydrogen) atoms. The summed E-state index contributed by atoms with van der Waals surface area (Å²) < 4.78 is 13.8. The van der Waals surface area contributed by atoms with Crippen molar-refractivity contribution in [2.45, 2.75) is 0 Å². The number of benzene rings is 2. The average molecular weight is 340 g/mol. The van der Waals surface area contributed by atoms with Crippen molar-refractivity contribution in [3.63, 3.8) is 0 Å². The topological polar surface area (TPSA) is 73.6 Å². The Morgan fingerprint density at radius 1 is 1.08 bits per heavy atom. The molecule has 3 rings (SSSR count). The van der Waals surface area contributed by atoms with Gasteiger partial charge in [0.05, 0.1) is 23.5 Å². The standard InChI is InChI=1S/C17H11ClFN5/c18-13-10-21-17(23-15-8-11(9-20)6-7-14(15)19)24-16(13)22-12-4-2-1-3-5-12/h1-8,10H,(H2,21,22,23,24). The smallest absolute Gasteiger partial charge is 0.229 e. The van der Waals surface area contributed by atoms with Crippen LogP contribution in [0.15, 0.2) is 54.7 Å². The van der Waals surface area contributed by atoms with E-state index in [0.29, 0.717) is 16.4 Å². The number of hydrogen-bond donors (Lipinski definition) is 2. The summed E-state index contributed by atoms with van der Waals surface area (Å²) in [6.45, 7) is 0. The Labute approximate surface area is 142 Å². The number of halogens is 2. The van der Waals surface area contributed by atoms with E-state index >= 15 is 0 Å². The molecule has 2 aromatic carbocycles. The van der Waals surface area contributed by atoms with E-state index in [2.05, 4.69) is 20.6 Å². The molecule has 0 aliphatic carbocycles. The highest BCUT2D eigenvalue weighted by atomic mass is 35.5. The van der Waals surface area contributed by atoms with Gasteiger partial charge < -0.3 is 10.6 Å². The summed E-state index contributed by atoms with van der Waals surface area (Å²) in [6, 6.07) is 15.3. The quantitative estimate of drug-likeness (QED) is 0.725. The van der Waals surface area contributed by atoms with Gasteiger partial charge in [-0.1, -0.05) is 29.8 Å². The van der Waals surface area contributed by atoms with E-state index in [4.69, 9.17) is 16.9 Å². The molecule has 0 atom stereocenters. The lowest BCUT2D eigenvalue weighted by molar-refractivity contribution is 0.631. The van der Waals surface area contributed by atoms with Gasteiger partial charge in [-0.05, 0) is 30.3 Å². The normalized spacial score (nSPS) is 10.0. The first-order valence-corrected chi connectivity index (χ1v) is 7.35. The van der Waals surface area contributed by atoms with Crippen LogP contribution < -0.4 is 10.6 Å². The van der Waals surface area contributed by atoms with E-state index in [1.54, 1.807) is 0 Å². The fourth-order valence-electron chi connectivity index (χ4n) is 1.98. The molecule has 7 heteroatoms. The lowest BCUT2D eigenvalue weighted by Crippen LogP contribution is -2.02. The zero-order valence-corrected chi connectivity index (χ0v) is 13.0. The van der Waals surface area contributed by atoms with Crippen LogP contribution in [-0.4, -0.2) is 9.97 Å². The molecule has 1 heterocycles. The second-order valence-electron chi connectivity index (χ2n) is 4.81. The molecule has 0 amide bonds. The van der Waals surface area contributed by atoms with E-state index in [-0.39, 0.29) is 11.6 Å². The minimum absolute atomic E-state index is 0.113. The van der Waals surface area contributed by atoms with Crippen molar-refractivity contribution < 1.29 is 4.39 Å². The van der Waals surface area contributed by atoms with Gasteiger partial charge in [0.25, 0.3) is 0 Å². The van der Waals surface area contributed by atoms with Gasteiger partial charge in [-0.2, -0.15) is 10.2 Å². The molecular weight excluding hydrogens is 329 g/mol. The van der Waals surface area contributed by atoms with Crippen molar-refractivity contribution >= 4 is 34.7 Å². The van der Waals surface area contributed by atoms with Crippen molar-refractivity contribution in [1.82, 2.24) is 9.97 Å². The monoisotopic (exact) mass is 339 g/mol. The molecule has 0 radical (unpaired) electrons. The van der Waals surface area contributed by atoms with E-state index < -0.39 is 5.82 Å². The predicted octanol–water partition coefficient (Wildman–Crippen LogP) is 4.63. The molecule has 0 unspecified atom stereocenters. The number of nitriles is 1. The summed E-state index contributed by atoms with van der Waals surface area (Å²) in [4.78, 5) is 8.27. The molecule has 2 N–H and O–H groups in total. The molecule has 0 bridgehead atoms. The van der Waals surface area contributed by atoms with Gasteiger partial charge in [0.1, 0.15) is 10.8 Å². The summed E-state index contributed by atoms with van der Waals surface area (Å²) in [6.07, 6.45) is 1.41. The molecule has 0 spiro atoms. The van der Waals surface area contributed by atoms with Crippen LogP contribution in [0.1, 0.15) is 5.56 Å². The molecular formula is C17H11ClFN5. The first-order chi connectivity index (χ1) is 11.7. The summed E-state index contributed by atoms with van der Waals surface area (Å²) in [7, 11) is 0. The van der Waals surface area contributed by atoms with Crippen LogP contribution in [-0.2, 0) is 0 Å². The Kier molecular flexibility index (Phi) is 4.54. The van der Waals surface area contributed by atoms with Crippen molar-refractivity contribution in [3.05, 3.63) is 71.1 Å². The fraction of sp³-hybridized carbons (Fsp3) is 0. The van der Waals surface area contributed by atoms with Crippen LogP contribution in [0.2, 0.25) is 5.02 Å². The zero-order chi connectivity index (χ0) is 16.9. The Morgan fingerprint density at radius 2 is 1.88 bits per heavy atom. The minimum Gasteiger partial charge on any atom is -0.339 e. The highest BCUT2D eigenvalue weighted by molar-refractivity contribution is 6.32. The summed E-state index contributed by atoms with van der Waals surface area (Å²) in [5.74, 6) is 0.0363. The van der Waals surface area contributed by atoms with Crippen LogP contribution in [0.25, 0.3) is 0 Å².